The van der Waals surface area contributed by atoms with Crippen LogP contribution in [0.15, 0.2) is 59.1 Å². The number of aromatic nitrogens is 1. The quantitative estimate of drug-likeness (QED) is 0.614. The lowest BCUT2D eigenvalue weighted by Crippen LogP contribution is -2.28. The average Bonchev–Trinajstić information content (AvgIpc) is 3.43. The van der Waals surface area contributed by atoms with E-state index in [2.05, 4.69) is 20.8 Å². The zero-order valence-corrected chi connectivity index (χ0v) is 17.4. The van der Waals surface area contributed by atoms with Crippen LogP contribution in [0.5, 0.6) is 0 Å². The summed E-state index contributed by atoms with van der Waals surface area (Å²) in [4.78, 5) is 33.2. The number of amides is 2. The van der Waals surface area contributed by atoms with Gasteiger partial charge in [0.05, 0.1) is 11.4 Å². The molecule has 0 saturated carbocycles. The molecule has 158 valence electrons. The normalized spacial score (nSPS) is 15.2. The molecule has 1 aromatic heterocycles. The molecule has 31 heavy (non-hydrogen) atoms. The van der Waals surface area contributed by atoms with Crippen molar-refractivity contribution in [3.8, 4) is 11.3 Å². The zero-order chi connectivity index (χ0) is 21.8. The molecule has 7 nitrogen and oxygen atoms in total. The first-order valence-corrected chi connectivity index (χ1v) is 10.4. The highest BCUT2D eigenvalue weighted by atomic mass is 32.1. The van der Waals surface area contributed by atoms with E-state index >= 15 is 0 Å². The second-order valence-corrected chi connectivity index (χ2v) is 7.84. The van der Waals surface area contributed by atoms with Gasteiger partial charge in [-0.2, -0.15) is 0 Å². The minimum atomic E-state index is -0.793. The minimum absolute atomic E-state index is 0.0799. The third-order valence-electron chi connectivity index (χ3n) is 4.64. The predicted molar refractivity (Wildman–Crippen MR) is 116 cm³/mol. The fourth-order valence-corrected chi connectivity index (χ4v) is 3.75. The van der Waals surface area contributed by atoms with Crippen molar-refractivity contribution < 1.29 is 18.8 Å². The molecule has 1 atom stereocenters. The Morgan fingerprint density at radius 3 is 2.74 bits per heavy atom. The first-order chi connectivity index (χ1) is 15.0. The van der Waals surface area contributed by atoms with Gasteiger partial charge in [-0.25, -0.2) is 9.37 Å². The predicted octanol–water partition coefficient (Wildman–Crippen LogP) is 3.72. The lowest BCUT2D eigenvalue weighted by atomic mass is 10.0. The molecule has 0 bridgehead atoms. The van der Waals surface area contributed by atoms with E-state index in [9.17, 15) is 14.0 Å². The van der Waals surface area contributed by atoms with Crippen LogP contribution in [0.3, 0.4) is 0 Å². The van der Waals surface area contributed by atoms with Crippen LogP contribution in [0.1, 0.15) is 24.5 Å². The van der Waals surface area contributed by atoms with Gasteiger partial charge < -0.3 is 10.2 Å². The molecule has 2 amide bonds. The molecule has 2 heterocycles. The number of rotatable bonds is 6. The van der Waals surface area contributed by atoms with E-state index in [1.807, 2.05) is 29.6 Å². The fraction of sp³-hybridized carbons (Fsp3) is 0.182. The van der Waals surface area contributed by atoms with Crippen LogP contribution in [-0.4, -0.2) is 28.6 Å². The SMILES string of the molecule is CC(=O)NCc1ccc(-c2csc(NC(=O)C3CC(c4cccc(F)c4)=NO3)n2)cc1. The largest absolute Gasteiger partial charge is 0.382 e. The lowest BCUT2D eigenvalue weighted by molar-refractivity contribution is -0.125. The Morgan fingerprint density at radius 2 is 2.00 bits per heavy atom. The highest BCUT2D eigenvalue weighted by molar-refractivity contribution is 7.14. The number of hydrogen-bond donors (Lipinski definition) is 2. The van der Waals surface area contributed by atoms with Crippen molar-refractivity contribution in [1.29, 1.82) is 0 Å². The van der Waals surface area contributed by atoms with E-state index in [0.717, 1.165) is 16.8 Å². The Hall–Kier alpha value is -3.59. The first-order valence-electron chi connectivity index (χ1n) is 9.57. The zero-order valence-electron chi connectivity index (χ0n) is 16.6. The van der Waals surface area contributed by atoms with Gasteiger partial charge in [0.2, 0.25) is 12.0 Å². The van der Waals surface area contributed by atoms with Crippen LogP contribution < -0.4 is 10.6 Å². The highest BCUT2D eigenvalue weighted by Crippen LogP contribution is 2.26. The summed E-state index contributed by atoms with van der Waals surface area (Å²) in [6.07, 6.45) is -0.540. The van der Waals surface area contributed by atoms with Crippen molar-refractivity contribution in [2.45, 2.75) is 26.0 Å². The van der Waals surface area contributed by atoms with Gasteiger partial charge in [0, 0.05) is 36.4 Å². The van der Waals surface area contributed by atoms with Crippen LogP contribution >= 0.6 is 11.3 Å². The number of halogens is 1. The topological polar surface area (TPSA) is 92.7 Å². The highest BCUT2D eigenvalue weighted by Gasteiger charge is 2.29. The third kappa shape index (κ3) is 5.13. The Bertz CT molecular complexity index is 1140. The number of nitrogens with one attached hydrogen (secondary N) is 2. The van der Waals surface area contributed by atoms with Gasteiger partial charge in [-0.3, -0.25) is 14.9 Å². The van der Waals surface area contributed by atoms with Gasteiger partial charge in [-0.1, -0.05) is 41.6 Å². The number of thiazole rings is 1. The van der Waals surface area contributed by atoms with Crippen molar-refractivity contribution in [3.05, 3.63) is 70.9 Å². The number of carbonyl (C=O) groups is 2. The van der Waals surface area contributed by atoms with E-state index < -0.39 is 6.10 Å². The molecule has 2 N–H and O–H groups in total. The van der Waals surface area contributed by atoms with Crippen molar-refractivity contribution in [3.63, 3.8) is 0 Å². The first kappa shape index (κ1) is 20.7. The molecular weight excluding hydrogens is 419 g/mol. The lowest BCUT2D eigenvalue weighted by Gasteiger charge is -2.07. The van der Waals surface area contributed by atoms with Crippen molar-refractivity contribution >= 4 is 34.0 Å². The smallest absolute Gasteiger partial charge is 0.270 e. The molecule has 0 fully saturated rings. The maximum Gasteiger partial charge on any atom is 0.270 e. The summed E-state index contributed by atoms with van der Waals surface area (Å²) in [6.45, 7) is 1.94. The van der Waals surface area contributed by atoms with E-state index in [4.69, 9.17) is 4.84 Å². The van der Waals surface area contributed by atoms with Crippen molar-refractivity contribution in [2.75, 3.05) is 5.32 Å². The molecule has 9 heteroatoms. The number of benzene rings is 2. The number of nitrogens with zero attached hydrogens (tertiary/aromatic N) is 2. The summed E-state index contributed by atoms with van der Waals surface area (Å²) in [5.41, 5.74) is 3.73. The summed E-state index contributed by atoms with van der Waals surface area (Å²) < 4.78 is 13.4. The molecule has 4 rings (SSSR count). The number of hydrogen-bond acceptors (Lipinski definition) is 6. The molecule has 0 radical (unpaired) electrons. The van der Waals surface area contributed by atoms with Crippen LogP contribution in [0.2, 0.25) is 0 Å². The van der Waals surface area contributed by atoms with Crippen LogP contribution in [0, 0.1) is 5.82 Å². The summed E-state index contributed by atoms with van der Waals surface area (Å²) >= 11 is 1.31. The molecule has 1 unspecified atom stereocenters. The van der Waals surface area contributed by atoms with Gasteiger partial charge in [0.1, 0.15) is 5.82 Å². The van der Waals surface area contributed by atoms with Gasteiger partial charge in [-0.05, 0) is 17.7 Å². The van der Waals surface area contributed by atoms with Crippen LogP contribution in [-0.2, 0) is 21.0 Å². The Kier molecular flexibility index (Phi) is 6.03. The third-order valence-corrected chi connectivity index (χ3v) is 5.40. The molecule has 1 aliphatic heterocycles. The number of anilines is 1. The molecule has 3 aromatic rings. The monoisotopic (exact) mass is 438 g/mol. The van der Waals surface area contributed by atoms with Crippen molar-refractivity contribution in [1.82, 2.24) is 10.3 Å². The maximum absolute atomic E-state index is 13.4. The second-order valence-electron chi connectivity index (χ2n) is 6.98. The number of carbonyl (C=O) groups excluding carboxylic acids is 2. The summed E-state index contributed by atoms with van der Waals surface area (Å²) in [6, 6.07) is 13.7. The summed E-state index contributed by atoms with van der Waals surface area (Å²) in [5.74, 6) is -0.808. The van der Waals surface area contributed by atoms with Crippen LogP contribution in [0.4, 0.5) is 9.52 Å². The molecule has 0 saturated heterocycles. The second kappa shape index (κ2) is 9.05. The van der Waals surface area contributed by atoms with Crippen molar-refractivity contribution in [2.24, 2.45) is 5.16 Å². The summed E-state index contributed by atoms with van der Waals surface area (Å²) in [5, 5.41) is 11.7. The van der Waals surface area contributed by atoms with E-state index in [1.165, 1.54) is 30.4 Å². The molecule has 0 spiro atoms. The standard InChI is InChI=1S/C22H19FN4O3S/c1-13(28)24-11-14-5-7-15(8-6-14)19-12-31-22(25-19)26-21(29)20-10-18(27-30-20)16-3-2-4-17(23)9-16/h2-9,12,20H,10-11H2,1H3,(H,24,28)(H,25,26,29). The molecular formula is C22H19FN4O3S. The van der Waals surface area contributed by atoms with Gasteiger partial charge in [0.15, 0.2) is 5.13 Å². The summed E-state index contributed by atoms with van der Waals surface area (Å²) in [7, 11) is 0. The van der Waals surface area contributed by atoms with E-state index in [0.29, 0.717) is 23.0 Å². The molecule has 1 aliphatic rings. The van der Waals surface area contributed by atoms with E-state index in [1.54, 1.807) is 12.1 Å². The van der Waals surface area contributed by atoms with Gasteiger partial charge in [-0.15, -0.1) is 11.3 Å². The van der Waals surface area contributed by atoms with Gasteiger partial charge >= 0.3 is 0 Å². The fourth-order valence-electron chi connectivity index (χ4n) is 3.03. The maximum atomic E-state index is 13.4. The number of oxime groups is 1. The van der Waals surface area contributed by atoms with Crippen LogP contribution in [0.25, 0.3) is 11.3 Å². The van der Waals surface area contributed by atoms with E-state index in [-0.39, 0.29) is 24.1 Å². The average molecular weight is 438 g/mol. The molecule has 0 aliphatic carbocycles. The Morgan fingerprint density at radius 1 is 1.19 bits per heavy atom. The minimum Gasteiger partial charge on any atom is -0.382 e. The van der Waals surface area contributed by atoms with Gasteiger partial charge in [0.25, 0.3) is 5.91 Å². The Labute approximate surface area is 182 Å². The Balaban J connectivity index is 1.35. The molecule has 2 aromatic carbocycles.